The van der Waals surface area contributed by atoms with Crippen LogP contribution in [-0.4, -0.2) is 19.8 Å². The molecule has 0 amide bonds. The summed E-state index contributed by atoms with van der Waals surface area (Å²) in [5.74, 6) is 1.73. The first-order chi connectivity index (χ1) is 9.95. The van der Waals surface area contributed by atoms with E-state index in [-0.39, 0.29) is 5.54 Å². The Bertz CT molecular complexity index is 520. The van der Waals surface area contributed by atoms with Crippen LogP contribution in [0.3, 0.4) is 0 Å². The molecule has 0 fully saturated rings. The molecule has 0 saturated carbocycles. The highest BCUT2D eigenvalue weighted by molar-refractivity contribution is 5.66. The van der Waals surface area contributed by atoms with Crippen molar-refractivity contribution in [3.05, 3.63) is 48.5 Å². The van der Waals surface area contributed by atoms with Gasteiger partial charge >= 0.3 is 0 Å². The van der Waals surface area contributed by atoms with Gasteiger partial charge in [0.15, 0.2) is 0 Å². The number of ether oxygens (including phenoxy) is 2. The zero-order chi connectivity index (χ0) is 15.5. The summed E-state index contributed by atoms with van der Waals surface area (Å²) >= 11 is 0. The molecule has 0 bridgehead atoms. The van der Waals surface area contributed by atoms with Crippen LogP contribution in [0.25, 0.3) is 0 Å². The molecule has 3 heteroatoms. The molecule has 0 aromatic heterocycles. The van der Waals surface area contributed by atoms with Crippen LogP contribution >= 0.6 is 0 Å². The Kier molecular flexibility index (Phi) is 4.41. The SMILES string of the molecule is COc1ccc(N(c2ccc(OC)cc2)C(C)(C)C)cc1. The maximum Gasteiger partial charge on any atom is 0.119 e. The topological polar surface area (TPSA) is 21.7 Å². The average molecular weight is 285 g/mol. The van der Waals surface area contributed by atoms with E-state index in [0.29, 0.717) is 0 Å². The molecular weight excluding hydrogens is 262 g/mol. The van der Waals surface area contributed by atoms with Crippen LogP contribution in [0.1, 0.15) is 20.8 Å². The van der Waals surface area contributed by atoms with Crippen molar-refractivity contribution < 1.29 is 9.47 Å². The second kappa shape index (κ2) is 6.08. The van der Waals surface area contributed by atoms with Crippen LogP contribution in [0.15, 0.2) is 48.5 Å². The number of rotatable bonds is 4. The van der Waals surface area contributed by atoms with Crippen molar-refractivity contribution in [1.29, 1.82) is 0 Å². The van der Waals surface area contributed by atoms with E-state index in [1.807, 2.05) is 24.3 Å². The Morgan fingerprint density at radius 1 is 0.667 bits per heavy atom. The molecule has 2 aromatic rings. The molecule has 0 N–H and O–H groups in total. The molecule has 2 aromatic carbocycles. The summed E-state index contributed by atoms with van der Waals surface area (Å²) in [7, 11) is 3.36. The van der Waals surface area contributed by atoms with Gasteiger partial charge in [-0.2, -0.15) is 0 Å². The third kappa shape index (κ3) is 3.48. The Balaban J connectivity index is 2.41. The lowest BCUT2D eigenvalue weighted by Gasteiger charge is -2.38. The molecule has 0 aliphatic heterocycles. The van der Waals surface area contributed by atoms with Crippen molar-refractivity contribution >= 4 is 11.4 Å². The molecule has 0 aliphatic carbocycles. The fourth-order valence-electron chi connectivity index (χ4n) is 2.39. The Morgan fingerprint density at radius 2 is 1.00 bits per heavy atom. The smallest absolute Gasteiger partial charge is 0.119 e. The third-order valence-electron chi connectivity index (χ3n) is 3.33. The fourth-order valence-corrected chi connectivity index (χ4v) is 2.39. The number of methoxy groups -OCH3 is 2. The Labute approximate surface area is 127 Å². The molecule has 0 spiro atoms. The zero-order valence-electron chi connectivity index (χ0n) is 13.4. The normalized spacial score (nSPS) is 11.1. The molecule has 112 valence electrons. The molecule has 0 radical (unpaired) electrons. The van der Waals surface area contributed by atoms with Gasteiger partial charge < -0.3 is 14.4 Å². The first-order valence-electron chi connectivity index (χ1n) is 7.04. The van der Waals surface area contributed by atoms with E-state index in [0.717, 1.165) is 22.9 Å². The number of hydrogen-bond donors (Lipinski definition) is 0. The van der Waals surface area contributed by atoms with Gasteiger partial charge in [-0.15, -0.1) is 0 Å². The zero-order valence-corrected chi connectivity index (χ0v) is 13.4. The highest BCUT2D eigenvalue weighted by Gasteiger charge is 2.23. The highest BCUT2D eigenvalue weighted by Crippen LogP contribution is 2.34. The standard InChI is InChI=1S/C18H23NO2/c1-18(2,3)19(14-6-10-16(20-4)11-7-14)15-8-12-17(21-5)13-9-15/h6-13H,1-5H3. The van der Waals surface area contributed by atoms with Crippen molar-refractivity contribution in [3.63, 3.8) is 0 Å². The van der Waals surface area contributed by atoms with Crippen LogP contribution in [0, 0.1) is 0 Å². The van der Waals surface area contributed by atoms with Gasteiger partial charge in [0.1, 0.15) is 11.5 Å². The van der Waals surface area contributed by atoms with E-state index in [1.54, 1.807) is 14.2 Å². The lowest BCUT2D eigenvalue weighted by Crippen LogP contribution is -2.37. The number of hydrogen-bond acceptors (Lipinski definition) is 3. The van der Waals surface area contributed by atoms with E-state index >= 15 is 0 Å². The van der Waals surface area contributed by atoms with E-state index < -0.39 is 0 Å². The lowest BCUT2D eigenvalue weighted by molar-refractivity contribution is 0.414. The van der Waals surface area contributed by atoms with Crippen molar-refractivity contribution in [2.24, 2.45) is 0 Å². The summed E-state index contributed by atoms with van der Waals surface area (Å²) in [6, 6.07) is 16.2. The van der Waals surface area contributed by atoms with Crippen molar-refractivity contribution in [3.8, 4) is 11.5 Å². The quantitative estimate of drug-likeness (QED) is 0.816. The average Bonchev–Trinajstić information content (AvgIpc) is 2.47. The summed E-state index contributed by atoms with van der Waals surface area (Å²) in [4.78, 5) is 2.30. The third-order valence-corrected chi connectivity index (χ3v) is 3.33. The molecule has 0 atom stereocenters. The van der Waals surface area contributed by atoms with Crippen LogP contribution in [-0.2, 0) is 0 Å². The molecule has 21 heavy (non-hydrogen) atoms. The number of anilines is 2. The van der Waals surface area contributed by atoms with Gasteiger partial charge in [-0.25, -0.2) is 0 Å². The molecular formula is C18H23NO2. The first-order valence-corrected chi connectivity index (χ1v) is 7.04. The van der Waals surface area contributed by atoms with E-state index in [4.69, 9.17) is 9.47 Å². The van der Waals surface area contributed by atoms with E-state index in [9.17, 15) is 0 Å². The molecule has 3 nitrogen and oxygen atoms in total. The van der Waals surface area contributed by atoms with Crippen molar-refractivity contribution in [2.45, 2.75) is 26.3 Å². The maximum absolute atomic E-state index is 5.24. The number of nitrogens with zero attached hydrogens (tertiary/aromatic N) is 1. The van der Waals surface area contributed by atoms with Gasteiger partial charge in [0.25, 0.3) is 0 Å². The molecule has 0 aliphatic rings. The van der Waals surface area contributed by atoms with Gasteiger partial charge in [-0.3, -0.25) is 0 Å². The van der Waals surface area contributed by atoms with E-state index in [2.05, 4.69) is 49.9 Å². The van der Waals surface area contributed by atoms with E-state index in [1.165, 1.54) is 0 Å². The summed E-state index contributed by atoms with van der Waals surface area (Å²) in [5.41, 5.74) is 2.23. The Hall–Kier alpha value is -2.16. The van der Waals surface area contributed by atoms with Crippen LogP contribution in [0.5, 0.6) is 11.5 Å². The van der Waals surface area contributed by atoms with Crippen molar-refractivity contribution in [1.82, 2.24) is 0 Å². The molecule has 0 saturated heterocycles. The van der Waals surface area contributed by atoms with Crippen LogP contribution < -0.4 is 14.4 Å². The van der Waals surface area contributed by atoms with Gasteiger partial charge in [0.05, 0.1) is 14.2 Å². The fraction of sp³-hybridized carbons (Fsp3) is 0.333. The van der Waals surface area contributed by atoms with Gasteiger partial charge in [0, 0.05) is 16.9 Å². The summed E-state index contributed by atoms with van der Waals surface area (Å²) in [6.07, 6.45) is 0. The van der Waals surface area contributed by atoms with Crippen LogP contribution in [0.4, 0.5) is 11.4 Å². The minimum atomic E-state index is -0.0385. The lowest BCUT2D eigenvalue weighted by atomic mass is 10.0. The molecule has 0 heterocycles. The second-order valence-electron chi connectivity index (χ2n) is 5.90. The molecule has 0 unspecified atom stereocenters. The largest absolute Gasteiger partial charge is 0.497 e. The maximum atomic E-state index is 5.24. The van der Waals surface area contributed by atoms with Crippen molar-refractivity contribution in [2.75, 3.05) is 19.1 Å². The predicted molar refractivity (Wildman–Crippen MR) is 87.9 cm³/mol. The van der Waals surface area contributed by atoms with Gasteiger partial charge in [0.2, 0.25) is 0 Å². The summed E-state index contributed by atoms with van der Waals surface area (Å²) in [5, 5.41) is 0. The summed E-state index contributed by atoms with van der Waals surface area (Å²) < 4.78 is 10.5. The Morgan fingerprint density at radius 3 is 1.24 bits per heavy atom. The monoisotopic (exact) mass is 285 g/mol. The van der Waals surface area contributed by atoms with Crippen LogP contribution in [0.2, 0.25) is 0 Å². The number of benzene rings is 2. The van der Waals surface area contributed by atoms with Gasteiger partial charge in [-0.1, -0.05) is 0 Å². The second-order valence-corrected chi connectivity index (χ2v) is 5.90. The summed E-state index contributed by atoms with van der Waals surface area (Å²) in [6.45, 7) is 6.59. The minimum Gasteiger partial charge on any atom is -0.497 e. The molecule has 2 rings (SSSR count). The highest BCUT2D eigenvalue weighted by atomic mass is 16.5. The van der Waals surface area contributed by atoms with Gasteiger partial charge in [-0.05, 0) is 69.3 Å². The first kappa shape index (κ1) is 15.2. The minimum absolute atomic E-state index is 0.0385. The predicted octanol–water partition coefficient (Wildman–Crippen LogP) is 4.64.